The molecule has 0 bridgehead atoms. The largest absolute Gasteiger partial charge is 0.224 e. The predicted molar refractivity (Wildman–Crippen MR) is 48.6 cm³/mol. The van der Waals surface area contributed by atoms with Crippen molar-refractivity contribution in [1.82, 2.24) is 0 Å². The Bertz CT molecular complexity index is 366. The molecule has 0 aliphatic heterocycles. The van der Waals surface area contributed by atoms with Crippen molar-refractivity contribution >= 4 is 9.84 Å². The standard InChI is InChI=1S/C9H11O2S/c1-3-12(10,11)9-7-5-4-6-8(9)2/h4-7H,1,3H2,2H3. The van der Waals surface area contributed by atoms with Gasteiger partial charge >= 0.3 is 0 Å². The van der Waals surface area contributed by atoms with E-state index in [2.05, 4.69) is 6.92 Å². The number of hydrogen-bond donors (Lipinski definition) is 0. The molecule has 2 nitrogen and oxygen atoms in total. The van der Waals surface area contributed by atoms with Crippen LogP contribution in [-0.4, -0.2) is 14.2 Å². The van der Waals surface area contributed by atoms with Gasteiger partial charge in [-0.15, -0.1) is 0 Å². The van der Waals surface area contributed by atoms with Gasteiger partial charge in [-0.3, -0.25) is 0 Å². The average molecular weight is 183 g/mol. The molecule has 0 unspecified atom stereocenters. The van der Waals surface area contributed by atoms with Crippen LogP contribution in [0.4, 0.5) is 0 Å². The second-order valence-corrected chi connectivity index (χ2v) is 4.66. The van der Waals surface area contributed by atoms with E-state index in [1.54, 1.807) is 25.1 Å². The lowest BCUT2D eigenvalue weighted by molar-refractivity contribution is 0.598. The van der Waals surface area contributed by atoms with Crippen LogP contribution in [0, 0.1) is 13.8 Å². The van der Waals surface area contributed by atoms with Gasteiger partial charge < -0.3 is 0 Å². The normalized spacial score (nSPS) is 11.5. The SMILES string of the molecule is [CH2]CS(=O)(=O)c1ccccc1C. The lowest BCUT2D eigenvalue weighted by Crippen LogP contribution is -2.05. The first kappa shape index (κ1) is 9.26. The average Bonchev–Trinajstić information content (AvgIpc) is 2.05. The first-order valence-corrected chi connectivity index (χ1v) is 5.31. The second kappa shape index (κ2) is 3.27. The molecule has 1 rings (SSSR count). The van der Waals surface area contributed by atoms with Crippen LogP contribution in [0.1, 0.15) is 5.56 Å². The first-order valence-electron chi connectivity index (χ1n) is 3.65. The van der Waals surface area contributed by atoms with E-state index < -0.39 is 9.84 Å². The summed E-state index contributed by atoms with van der Waals surface area (Å²) in [6.45, 7) is 5.17. The highest BCUT2D eigenvalue weighted by molar-refractivity contribution is 7.91. The predicted octanol–water partition coefficient (Wildman–Crippen LogP) is 1.60. The van der Waals surface area contributed by atoms with Crippen LogP contribution in [0.15, 0.2) is 29.2 Å². The zero-order valence-corrected chi connectivity index (χ0v) is 7.76. The van der Waals surface area contributed by atoms with Crippen molar-refractivity contribution in [3.05, 3.63) is 36.8 Å². The molecule has 0 saturated heterocycles. The highest BCUT2D eigenvalue weighted by atomic mass is 32.2. The van der Waals surface area contributed by atoms with E-state index in [4.69, 9.17) is 0 Å². The molecule has 0 saturated carbocycles. The van der Waals surface area contributed by atoms with Crippen LogP contribution < -0.4 is 0 Å². The molecule has 3 heteroatoms. The molecule has 1 radical (unpaired) electrons. The Morgan fingerprint density at radius 1 is 1.33 bits per heavy atom. The van der Waals surface area contributed by atoms with E-state index in [0.717, 1.165) is 5.56 Å². The monoisotopic (exact) mass is 183 g/mol. The minimum absolute atomic E-state index is 0.0855. The van der Waals surface area contributed by atoms with Gasteiger partial charge in [0.1, 0.15) is 0 Å². The van der Waals surface area contributed by atoms with Crippen molar-refractivity contribution in [1.29, 1.82) is 0 Å². The third-order valence-electron chi connectivity index (χ3n) is 1.70. The summed E-state index contributed by atoms with van der Waals surface area (Å²) in [6, 6.07) is 6.92. The second-order valence-electron chi connectivity index (χ2n) is 2.58. The third-order valence-corrected chi connectivity index (χ3v) is 3.36. The molecular formula is C9H11O2S. The number of sulfone groups is 1. The van der Waals surface area contributed by atoms with Crippen molar-refractivity contribution in [2.24, 2.45) is 0 Å². The van der Waals surface area contributed by atoms with Crippen LogP contribution in [0.5, 0.6) is 0 Å². The molecular weight excluding hydrogens is 172 g/mol. The van der Waals surface area contributed by atoms with Gasteiger partial charge in [-0.1, -0.05) is 18.2 Å². The van der Waals surface area contributed by atoms with Crippen molar-refractivity contribution in [3.63, 3.8) is 0 Å². The maximum atomic E-state index is 11.4. The van der Waals surface area contributed by atoms with E-state index in [9.17, 15) is 8.42 Å². The van der Waals surface area contributed by atoms with Gasteiger partial charge in [0, 0.05) is 0 Å². The highest BCUT2D eigenvalue weighted by Crippen LogP contribution is 2.14. The maximum Gasteiger partial charge on any atom is 0.178 e. The van der Waals surface area contributed by atoms with E-state index in [-0.39, 0.29) is 5.75 Å². The van der Waals surface area contributed by atoms with Crippen LogP contribution in [0.25, 0.3) is 0 Å². The Morgan fingerprint density at radius 2 is 1.92 bits per heavy atom. The first-order chi connectivity index (χ1) is 5.58. The van der Waals surface area contributed by atoms with Gasteiger partial charge in [-0.05, 0) is 25.5 Å². The van der Waals surface area contributed by atoms with Gasteiger partial charge in [0.15, 0.2) is 9.84 Å². The van der Waals surface area contributed by atoms with Crippen molar-refractivity contribution in [3.8, 4) is 0 Å². The number of hydrogen-bond acceptors (Lipinski definition) is 2. The summed E-state index contributed by atoms with van der Waals surface area (Å²) in [5.74, 6) is -0.0855. The number of aryl methyl sites for hydroxylation is 1. The van der Waals surface area contributed by atoms with Gasteiger partial charge in [-0.25, -0.2) is 8.42 Å². The quantitative estimate of drug-likeness (QED) is 0.698. The molecule has 1 aromatic rings. The summed E-state index contributed by atoms with van der Waals surface area (Å²) in [4.78, 5) is 0.389. The summed E-state index contributed by atoms with van der Waals surface area (Å²) in [5.41, 5.74) is 0.779. The zero-order valence-electron chi connectivity index (χ0n) is 6.95. The molecule has 1 aromatic carbocycles. The zero-order chi connectivity index (χ0) is 9.19. The summed E-state index contributed by atoms with van der Waals surface area (Å²) in [7, 11) is -3.14. The van der Waals surface area contributed by atoms with Gasteiger partial charge in [0.2, 0.25) is 0 Å². The molecule has 0 amide bonds. The van der Waals surface area contributed by atoms with Gasteiger partial charge in [0.25, 0.3) is 0 Å². The van der Waals surface area contributed by atoms with Gasteiger partial charge in [-0.2, -0.15) is 0 Å². The van der Waals surface area contributed by atoms with Crippen LogP contribution in [-0.2, 0) is 9.84 Å². The van der Waals surface area contributed by atoms with Crippen molar-refractivity contribution < 1.29 is 8.42 Å². The Morgan fingerprint density at radius 3 is 2.42 bits per heavy atom. The van der Waals surface area contributed by atoms with Crippen LogP contribution in [0.3, 0.4) is 0 Å². The molecule has 0 fully saturated rings. The Labute approximate surface area is 73.2 Å². The van der Waals surface area contributed by atoms with Crippen molar-refractivity contribution in [2.75, 3.05) is 5.75 Å². The van der Waals surface area contributed by atoms with Gasteiger partial charge in [0.05, 0.1) is 10.6 Å². The van der Waals surface area contributed by atoms with E-state index in [0.29, 0.717) is 4.90 Å². The van der Waals surface area contributed by atoms with E-state index in [1.165, 1.54) is 0 Å². The lowest BCUT2D eigenvalue weighted by Gasteiger charge is -2.03. The fourth-order valence-corrected chi connectivity index (χ4v) is 2.08. The molecule has 65 valence electrons. The molecule has 0 spiro atoms. The smallest absolute Gasteiger partial charge is 0.178 e. The van der Waals surface area contributed by atoms with Crippen LogP contribution in [0.2, 0.25) is 0 Å². The van der Waals surface area contributed by atoms with E-state index >= 15 is 0 Å². The van der Waals surface area contributed by atoms with Crippen molar-refractivity contribution in [2.45, 2.75) is 11.8 Å². The fraction of sp³-hybridized carbons (Fsp3) is 0.222. The molecule has 0 aliphatic rings. The summed E-state index contributed by atoms with van der Waals surface area (Å²) < 4.78 is 22.7. The third kappa shape index (κ3) is 1.67. The number of benzene rings is 1. The molecule has 0 heterocycles. The Hall–Kier alpha value is -0.830. The minimum Gasteiger partial charge on any atom is -0.224 e. The summed E-state index contributed by atoms with van der Waals surface area (Å²) in [5, 5.41) is 0. The summed E-state index contributed by atoms with van der Waals surface area (Å²) in [6.07, 6.45) is 0. The molecule has 0 aliphatic carbocycles. The molecule has 0 atom stereocenters. The Balaban J connectivity index is 3.30. The highest BCUT2D eigenvalue weighted by Gasteiger charge is 2.12. The van der Waals surface area contributed by atoms with Crippen LogP contribution >= 0.6 is 0 Å². The molecule has 0 N–H and O–H groups in total. The summed E-state index contributed by atoms with van der Waals surface area (Å²) >= 11 is 0. The topological polar surface area (TPSA) is 34.1 Å². The molecule has 0 aromatic heterocycles. The Kier molecular flexibility index (Phi) is 2.52. The minimum atomic E-state index is -3.14. The number of rotatable bonds is 2. The maximum absolute atomic E-state index is 11.4. The van der Waals surface area contributed by atoms with E-state index in [1.807, 2.05) is 6.07 Å². The lowest BCUT2D eigenvalue weighted by atomic mass is 10.2. The fourth-order valence-electron chi connectivity index (χ4n) is 1.02. The molecule has 12 heavy (non-hydrogen) atoms.